The molecule has 8 nitrogen and oxygen atoms in total. The van der Waals surface area contributed by atoms with Crippen LogP contribution in [0.1, 0.15) is 28.9 Å². The molecule has 1 saturated heterocycles. The molecule has 0 radical (unpaired) electrons. The molecule has 2 aromatic heterocycles. The Hall–Kier alpha value is -2.48. The Balaban J connectivity index is 1.53. The lowest BCUT2D eigenvalue weighted by molar-refractivity contribution is 0.0955. The topological polar surface area (TPSA) is 90.0 Å². The molecule has 0 aromatic carbocycles. The Morgan fingerprint density at radius 3 is 2.67 bits per heavy atom. The molecule has 24 heavy (non-hydrogen) atoms. The fraction of sp³-hybridized carbons (Fsp3) is 0.500. The Labute approximate surface area is 141 Å². The van der Waals surface area contributed by atoms with Crippen LogP contribution in [-0.2, 0) is 6.54 Å². The second-order valence-corrected chi connectivity index (χ2v) is 5.86. The molecule has 3 heterocycles. The molecular weight excluding hydrogens is 306 g/mol. The molecule has 0 unspecified atom stereocenters. The predicted octanol–water partition coefficient (Wildman–Crippen LogP) is 0.580. The summed E-state index contributed by atoms with van der Waals surface area (Å²) >= 11 is 0. The molecule has 0 spiro atoms. The number of carbonyl (C=O) groups is 1. The first-order valence-electron chi connectivity index (χ1n) is 8.25. The van der Waals surface area contributed by atoms with Crippen molar-refractivity contribution in [2.24, 2.45) is 0 Å². The summed E-state index contributed by atoms with van der Waals surface area (Å²) in [6.45, 7) is 8.87. The predicted molar refractivity (Wildman–Crippen MR) is 90.9 cm³/mol. The van der Waals surface area contributed by atoms with Gasteiger partial charge in [-0.3, -0.25) is 14.8 Å². The lowest BCUT2D eigenvalue weighted by atomic mass is 10.2. The van der Waals surface area contributed by atoms with Gasteiger partial charge in [0.15, 0.2) is 5.82 Å². The van der Waals surface area contributed by atoms with E-state index in [1.54, 1.807) is 6.20 Å². The first-order valence-corrected chi connectivity index (χ1v) is 8.25. The van der Waals surface area contributed by atoms with E-state index in [0.717, 1.165) is 50.2 Å². The Morgan fingerprint density at radius 2 is 2.08 bits per heavy atom. The highest BCUT2D eigenvalue weighted by Gasteiger charge is 2.19. The number of carbonyl (C=O) groups excluding carboxylic acids is 1. The quantitative estimate of drug-likeness (QED) is 0.834. The summed E-state index contributed by atoms with van der Waals surface area (Å²) in [6, 6.07) is 3.75. The molecule has 0 bridgehead atoms. The van der Waals surface area contributed by atoms with Gasteiger partial charge >= 0.3 is 0 Å². The van der Waals surface area contributed by atoms with Crippen molar-refractivity contribution in [3.8, 4) is 0 Å². The molecule has 1 fully saturated rings. The summed E-state index contributed by atoms with van der Waals surface area (Å²) in [5.74, 6) is 2.52. The van der Waals surface area contributed by atoms with E-state index in [4.69, 9.17) is 0 Å². The van der Waals surface area contributed by atoms with E-state index >= 15 is 0 Å². The third-order valence-corrected chi connectivity index (χ3v) is 4.05. The number of hydrogen-bond acceptors (Lipinski definition) is 6. The van der Waals surface area contributed by atoms with E-state index in [1.807, 2.05) is 26.0 Å². The summed E-state index contributed by atoms with van der Waals surface area (Å²) in [7, 11) is 0. The number of H-pyrrole nitrogens is 1. The van der Waals surface area contributed by atoms with Crippen molar-refractivity contribution in [2.75, 3.05) is 37.6 Å². The number of piperazine rings is 1. The number of hydrogen-bond donors (Lipinski definition) is 2. The van der Waals surface area contributed by atoms with Crippen molar-refractivity contribution in [3.05, 3.63) is 35.5 Å². The van der Waals surface area contributed by atoms with Gasteiger partial charge in [0, 0.05) is 38.9 Å². The van der Waals surface area contributed by atoms with Gasteiger partial charge < -0.3 is 10.2 Å². The Kier molecular flexibility index (Phi) is 5.05. The minimum Gasteiger partial charge on any atom is -0.354 e. The molecule has 0 aliphatic carbocycles. The highest BCUT2D eigenvalue weighted by Crippen LogP contribution is 2.15. The average Bonchev–Trinajstić information content (AvgIpc) is 3.01. The normalized spacial score (nSPS) is 15.5. The molecule has 0 saturated carbocycles. The Morgan fingerprint density at radius 1 is 1.29 bits per heavy atom. The van der Waals surface area contributed by atoms with Gasteiger partial charge in [0.1, 0.15) is 11.6 Å². The maximum absolute atomic E-state index is 11.8. The molecule has 2 N–H and O–H groups in total. The molecule has 8 heteroatoms. The molecule has 1 aliphatic rings. The number of nitrogens with zero attached hydrogens (tertiary/aromatic N) is 5. The van der Waals surface area contributed by atoms with Gasteiger partial charge in [0.25, 0.3) is 5.91 Å². The van der Waals surface area contributed by atoms with E-state index in [2.05, 4.69) is 35.3 Å². The zero-order chi connectivity index (χ0) is 16.9. The summed E-state index contributed by atoms with van der Waals surface area (Å²) in [4.78, 5) is 25.1. The Bertz CT molecular complexity index is 674. The lowest BCUT2D eigenvalue weighted by Crippen LogP contribution is -2.46. The SMILES string of the molecule is CCNC(=O)c1ccc(N2CCN(Cc3n[nH]c(C)n3)CC2)nc1. The van der Waals surface area contributed by atoms with Gasteiger partial charge in [-0.05, 0) is 26.0 Å². The highest BCUT2D eigenvalue weighted by atomic mass is 16.1. The van der Waals surface area contributed by atoms with Crippen LogP contribution in [0.25, 0.3) is 0 Å². The highest BCUT2D eigenvalue weighted by molar-refractivity contribution is 5.93. The van der Waals surface area contributed by atoms with Crippen molar-refractivity contribution in [1.29, 1.82) is 0 Å². The number of aromatic amines is 1. The third kappa shape index (κ3) is 3.88. The molecule has 1 amide bonds. The van der Waals surface area contributed by atoms with Gasteiger partial charge in [-0.2, -0.15) is 5.10 Å². The molecule has 128 valence electrons. The van der Waals surface area contributed by atoms with Crippen LogP contribution in [0.5, 0.6) is 0 Å². The van der Waals surface area contributed by atoms with Crippen molar-refractivity contribution >= 4 is 11.7 Å². The minimum absolute atomic E-state index is 0.0804. The second-order valence-electron chi connectivity index (χ2n) is 5.86. The van der Waals surface area contributed by atoms with Gasteiger partial charge in [-0.15, -0.1) is 0 Å². The van der Waals surface area contributed by atoms with E-state index in [-0.39, 0.29) is 5.91 Å². The fourth-order valence-electron chi connectivity index (χ4n) is 2.76. The number of aryl methyl sites for hydroxylation is 1. The first-order chi connectivity index (χ1) is 11.7. The van der Waals surface area contributed by atoms with Crippen LogP contribution in [0.15, 0.2) is 18.3 Å². The van der Waals surface area contributed by atoms with Crippen LogP contribution in [-0.4, -0.2) is 63.7 Å². The van der Waals surface area contributed by atoms with Gasteiger partial charge in [-0.25, -0.2) is 9.97 Å². The van der Waals surface area contributed by atoms with Crippen LogP contribution < -0.4 is 10.2 Å². The van der Waals surface area contributed by atoms with Crippen molar-refractivity contribution in [2.45, 2.75) is 20.4 Å². The summed E-state index contributed by atoms with van der Waals surface area (Å²) in [5, 5.41) is 9.84. The molecule has 2 aromatic rings. The number of aromatic nitrogens is 4. The third-order valence-electron chi connectivity index (χ3n) is 4.05. The van der Waals surface area contributed by atoms with E-state index in [9.17, 15) is 4.79 Å². The van der Waals surface area contributed by atoms with Crippen LogP contribution in [0, 0.1) is 6.92 Å². The molecule has 1 aliphatic heterocycles. The summed E-state index contributed by atoms with van der Waals surface area (Å²) in [6.07, 6.45) is 1.64. The van der Waals surface area contributed by atoms with Gasteiger partial charge in [-0.1, -0.05) is 0 Å². The number of amides is 1. The number of anilines is 1. The van der Waals surface area contributed by atoms with E-state index in [0.29, 0.717) is 12.1 Å². The summed E-state index contributed by atoms with van der Waals surface area (Å²) < 4.78 is 0. The standard InChI is InChI=1S/C16H23N7O/c1-3-17-16(24)13-4-5-15(18-10-13)23-8-6-22(7-9-23)11-14-19-12(2)20-21-14/h4-5,10H,3,6-9,11H2,1-2H3,(H,17,24)(H,19,20,21). The summed E-state index contributed by atoms with van der Waals surface area (Å²) in [5.41, 5.74) is 0.596. The van der Waals surface area contributed by atoms with Gasteiger partial charge in [0.05, 0.1) is 12.1 Å². The largest absolute Gasteiger partial charge is 0.354 e. The second kappa shape index (κ2) is 7.39. The zero-order valence-electron chi connectivity index (χ0n) is 14.1. The van der Waals surface area contributed by atoms with Crippen molar-refractivity contribution in [1.82, 2.24) is 30.4 Å². The monoisotopic (exact) mass is 329 g/mol. The number of pyridine rings is 1. The number of rotatable bonds is 5. The van der Waals surface area contributed by atoms with Crippen LogP contribution in [0.3, 0.4) is 0 Å². The van der Waals surface area contributed by atoms with Crippen molar-refractivity contribution < 1.29 is 4.79 Å². The van der Waals surface area contributed by atoms with Crippen LogP contribution in [0.4, 0.5) is 5.82 Å². The van der Waals surface area contributed by atoms with E-state index in [1.165, 1.54) is 0 Å². The van der Waals surface area contributed by atoms with E-state index < -0.39 is 0 Å². The fourth-order valence-corrected chi connectivity index (χ4v) is 2.76. The first kappa shape index (κ1) is 16.4. The maximum atomic E-state index is 11.8. The van der Waals surface area contributed by atoms with Crippen LogP contribution >= 0.6 is 0 Å². The molecule has 0 atom stereocenters. The molecular formula is C16H23N7O. The zero-order valence-corrected chi connectivity index (χ0v) is 14.1. The maximum Gasteiger partial charge on any atom is 0.252 e. The smallest absolute Gasteiger partial charge is 0.252 e. The number of nitrogens with one attached hydrogen (secondary N) is 2. The van der Waals surface area contributed by atoms with Gasteiger partial charge in [0.2, 0.25) is 0 Å². The van der Waals surface area contributed by atoms with Crippen molar-refractivity contribution in [3.63, 3.8) is 0 Å². The minimum atomic E-state index is -0.0804. The van der Waals surface area contributed by atoms with Crippen LogP contribution in [0.2, 0.25) is 0 Å². The average molecular weight is 329 g/mol. The molecule has 3 rings (SSSR count). The lowest BCUT2D eigenvalue weighted by Gasteiger charge is -2.34.